The Bertz CT molecular complexity index is 334. The molecule has 0 aromatic rings. The van der Waals surface area contributed by atoms with Gasteiger partial charge in [-0.1, -0.05) is 0 Å². The van der Waals surface area contributed by atoms with Crippen molar-refractivity contribution in [2.24, 2.45) is 5.92 Å². The molecule has 17 heavy (non-hydrogen) atoms. The maximum atomic E-state index is 11.8. The first-order valence-electron chi connectivity index (χ1n) is 6.02. The zero-order valence-corrected chi connectivity index (χ0v) is 10.6. The first kappa shape index (κ1) is 12.2. The first-order valence-corrected chi connectivity index (χ1v) is 6.02. The highest BCUT2D eigenvalue weighted by atomic mass is 16.6. The van der Waals surface area contributed by atoms with Crippen molar-refractivity contribution in [2.75, 3.05) is 13.1 Å². The predicted molar refractivity (Wildman–Crippen MR) is 60.4 cm³/mol. The van der Waals surface area contributed by atoms with Crippen LogP contribution in [0.25, 0.3) is 0 Å². The van der Waals surface area contributed by atoms with Crippen LogP contribution in [-0.4, -0.2) is 41.8 Å². The molecule has 0 aliphatic carbocycles. The van der Waals surface area contributed by atoms with Gasteiger partial charge in [-0.05, 0) is 27.2 Å². The van der Waals surface area contributed by atoms with Crippen LogP contribution in [0, 0.1) is 5.92 Å². The van der Waals surface area contributed by atoms with Crippen LogP contribution in [0.1, 0.15) is 33.6 Å². The van der Waals surface area contributed by atoms with Crippen molar-refractivity contribution in [1.82, 2.24) is 4.90 Å². The van der Waals surface area contributed by atoms with Crippen LogP contribution >= 0.6 is 0 Å². The van der Waals surface area contributed by atoms with Gasteiger partial charge in [0.05, 0.1) is 13.0 Å². The Morgan fingerprint density at radius 2 is 2.18 bits per heavy atom. The summed E-state index contributed by atoms with van der Waals surface area (Å²) in [5, 5.41) is 0. The highest BCUT2D eigenvalue weighted by Crippen LogP contribution is 2.30. The molecule has 2 heterocycles. The van der Waals surface area contributed by atoms with Crippen molar-refractivity contribution in [2.45, 2.75) is 45.3 Å². The van der Waals surface area contributed by atoms with Gasteiger partial charge in [0.1, 0.15) is 11.7 Å². The molecule has 5 heteroatoms. The lowest BCUT2D eigenvalue weighted by Gasteiger charge is -2.34. The summed E-state index contributed by atoms with van der Waals surface area (Å²) in [4.78, 5) is 24.6. The summed E-state index contributed by atoms with van der Waals surface area (Å²) >= 11 is 0. The van der Waals surface area contributed by atoms with E-state index in [1.54, 1.807) is 4.90 Å². The number of piperidine rings is 1. The molecular formula is C12H19NO4. The molecule has 2 aliphatic rings. The molecule has 5 nitrogen and oxygen atoms in total. The lowest BCUT2D eigenvalue weighted by atomic mass is 9.93. The smallest absolute Gasteiger partial charge is 0.410 e. The summed E-state index contributed by atoms with van der Waals surface area (Å²) in [5.74, 6) is 0.132. The molecule has 0 saturated carbocycles. The highest BCUT2D eigenvalue weighted by Gasteiger charge is 2.41. The summed E-state index contributed by atoms with van der Waals surface area (Å²) in [6.45, 7) is 6.63. The molecule has 2 aliphatic heterocycles. The Morgan fingerprint density at radius 3 is 2.82 bits per heavy atom. The predicted octanol–water partition coefficient (Wildman–Crippen LogP) is 1.56. The van der Waals surface area contributed by atoms with Gasteiger partial charge < -0.3 is 14.4 Å². The van der Waals surface area contributed by atoms with Crippen LogP contribution in [0.2, 0.25) is 0 Å². The summed E-state index contributed by atoms with van der Waals surface area (Å²) in [7, 11) is 0. The van der Waals surface area contributed by atoms with Crippen LogP contribution in [0.15, 0.2) is 0 Å². The number of carbonyl (C=O) groups excluding carboxylic acids is 2. The molecule has 0 aromatic carbocycles. The van der Waals surface area contributed by atoms with Crippen LogP contribution < -0.4 is 0 Å². The molecule has 2 rings (SSSR count). The number of amides is 1. The number of esters is 1. The van der Waals surface area contributed by atoms with Gasteiger partial charge in [0.25, 0.3) is 0 Å². The number of nitrogens with zero attached hydrogens (tertiary/aromatic N) is 1. The maximum Gasteiger partial charge on any atom is 0.410 e. The zero-order chi connectivity index (χ0) is 12.6. The van der Waals surface area contributed by atoms with Crippen LogP contribution in [0.5, 0.6) is 0 Å². The summed E-state index contributed by atoms with van der Waals surface area (Å²) < 4.78 is 10.5. The second-order valence-electron chi connectivity index (χ2n) is 5.71. The third-order valence-electron chi connectivity index (χ3n) is 3.06. The van der Waals surface area contributed by atoms with Gasteiger partial charge >= 0.3 is 12.1 Å². The van der Waals surface area contributed by atoms with E-state index in [0.29, 0.717) is 19.5 Å². The molecule has 2 atom stereocenters. The molecule has 1 amide bonds. The normalized spacial score (nSPS) is 28.6. The van der Waals surface area contributed by atoms with E-state index in [9.17, 15) is 9.59 Å². The Kier molecular flexibility index (Phi) is 3.02. The molecule has 0 N–H and O–H groups in total. The third kappa shape index (κ3) is 2.90. The minimum Gasteiger partial charge on any atom is -0.460 e. The Balaban J connectivity index is 1.92. The van der Waals surface area contributed by atoms with Crippen molar-refractivity contribution in [3.63, 3.8) is 0 Å². The Labute approximate surface area is 101 Å². The fourth-order valence-corrected chi connectivity index (χ4v) is 2.26. The Hall–Kier alpha value is -1.26. The van der Waals surface area contributed by atoms with E-state index in [1.165, 1.54) is 0 Å². The minimum atomic E-state index is -0.486. The van der Waals surface area contributed by atoms with E-state index < -0.39 is 5.60 Å². The van der Waals surface area contributed by atoms with E-state index in [-0.39, 0.29) is 24.1 Å². The minimum absolute atomic E-state index is 0.135. The second-order valence-corrected chi connectivity index (χ2v) is 5.71. The number of fused-ring (bicyclic) bond motifs is 1. The standard InChI is InChI=1S/C12H19NO4/c1-12(2,3)17-11(15)13-5-4-8-6-10(14)16-9(8)7-13/h8-9H,4-7H2,1-3H3/t8-,9-/m0/s1. The number of rotatable bonds is 0. The third-order valence-corrected chi connectivity index (χ3v) is 3.06. The number of ether oxygens (including phenoxy) is 2. The van der Waals surface area contributed by atoms with E-state index in [4.69, 9.17) is 9.47 Å². The zero-order valence-electron chi connectivity index (χ0n) is 10.6. The van der Waals surface area contributed by atoms with E-state index >= 15 is 0 Å². The summed E-state index contributed by atoms with van der Waals surface area (Å²) in [6, 6.07) is 0. The highest BCUT2D eigenvalue weighted by molar-refractivity contribution is 5.73. The fourth-order valence-electron chi connectivity index (χ4n) is 2.26. The monoisotopic (exact) mass is 241 g/mol. The SMILES string of the molecule is CC(C)(C)OC(=O)N1CC[C@H]2CC(=O)O[C@H]2C1. The van der Waals surface area contributed by atoms with E-state index in [0.717, 1.165) is 6.42 Å². The van der Waals surface area contributed by atoms with Crippen LogP contribution in [-0.2, 0) is 14.3 Å². The average Bonchev–Trinajstić information content (AvgIpc) is 2.53. The molecule has 0 unspecified atom stereocenters. The van der Waals surface area contributed by atoms with Gasteiger partial charge in [-0.3, -0.25) is 4.79 Å². The van der Waals surface area contributed by atoms with E-state index in [2.05, 4.69) is 0 Å². The lowest BCUT2D eigenvalue weighted by molar-refractivity contribution is -0.142. The number of likely N-dealkylation sites (tertiary alicyclic amines) is 1. The van der Waals surface area contributed by atoms with Gasteiger partial charge in [0.15, 0.2) is 0 Å². The number of hydrogen-bond acceptors (Lipinski definition) is 4. The summed E-state index contributed by atoms with van der Waals surface area (Å²) in [5.41, 5.74) is -0.486. The topological polar surface area (TPSA) is 55.8 Å². The van der Waals surface area contributed by atoms with Gasteiger partial charge in [-0.2, -0.15) is 0 Å². The van der Waals surface area contributed by atoms with Crippen molar-refractivity contribution < 1.29 is 19.1 Å². The maximum absolute atomic E-state index is 11.8. The molecule has 96 valence electrons. The average molecular weight is 241 g/mol. The number of carbonyl (C=O) groups is 2. The molecular weight excluding hydrogens is 222 g/mol. The molecule has 0 spiro atoms. The van der Waals surface area contributed by atoms with Gasteiger partial charge in [0.2, 0.25) is 0 Å². The lowest BCUT2D eigenvalue weighted by Crippen LogP contribution is -2.47. The largest absolute Gasteiger partial charge is 0.460 e. The van der Waals surface area contributed by atoms with Gasteiger partial charge in [-0.15, -0.1) is 0 Å². The molecule has 2 saturated heterocycles. The van der Waals surface area contributed by atoms with E-state index in [1.807, 2.05) is 20.8 Å². The molecule has 0 radical (unpaired) electrons. The van der Waals surface area contributed by atoms with Crippen LogP contribution in [0.4, 0.5) is 4.79 Å². The van der Waals surface area contributed by atoms with Gasteiger partial charge in [-0.25, -0.2) is 4.79 Å². The van der Waals surface area contributed by atoms with Gasteiger partial charge in [0, 0.05) is 12.5 Å². The molecule has 2 fully saturated rings. The summed E-state index contributed by atoms with van der Waals surface area (Å²) in [6.07, 6.45) is 0.852. The second kappa shape index (κ2) is 4.20. The molecule has 0 aromatic heterocycles. The van der Waals surface area contributed by atoms with Crippen LogP contribution in [0.3, 0.4) is 0 Å². The van der Waals surface area contributed by atoms with Crippen molar-refractivity contribution in [1.29, 1.82) is 0 Å². The first-order chi connectivity index (χ1) is 7.85. The Morgan fingerprint density at radius 1 is 1.47 bits per heavy atom. The molecule has 0 bridgehead atoms. The quantitative estimate of drug-likeness (QED) is 0.604. The van der Waals surface area contributed by atoms with Crippen molar-refractivity contribution in [3.05, 3.63) is 0 Å². The fraction of sp³-hybridized carbons (Fsp3) is 0.833. The van der Waals surface area contributed by atoms with Crippen molar-refractivity contribution >= 4 is 12.1 Å². The van der Waals surface area contributed by atoms with Crippen molar-refractivity contribution in [3.8, 4) is 0 Å². The number of hydrogen-bond donors (Lipinski definition) is 0.